The van der Waals surface area contributed by atoms with Gasteiger partial charge in [-0.15, -0.1) is 0 Å². The Morgan fingerprint density at radius 3 is 2.45 bits per heavy atom. The number of benzene rings is 2. The number of hydrogen-bond donors (Lipinski definition) is 1. The number of urea groups is 1. The van der Waals surface area contributed by atoms with Gasteiger partial charge in [0, 0.05) is 12.6 Å². The number of amides is 2. The Morgan fingerprint density at radius 2 is 1.82 bits per heavy atom. The number of nitro groups is 1. The lowest BCUT2D eigenvalue weighted by Gasteiger charge is -2.41. The summed E-state index contributed by atoms with van der Waals surface area (Å²) in [6, 6.07) is 15.6. The minimum atomic E-state index is -0.500. The van der Waals surface area contributed by atoms with Crippen LogP contribution in [0.3, 0.4) is 0 Å². The first kappa shape index (κ1) is 14.1. The van der Waals surface area contributed by atoms with Crippen molar-refractivity contribution < 1.29 is 9.72 Å². The molecule has 0 bridgehead atoms. The van der Waals surface area contributed by atoms with Gasteiger partial charge in [0.2, 0.25) is 0 Å². The Hall–Kier alpha value is -2.89. The Bertz CT molecular complexity index is 703. The van der Waals surface area contributed by atoms with Crippen LogP contribution in [0.1, 0.15) is 18.0 Å². The second kappa shape index (κ2) is 5.85. The molecule has 0 aliphatic carbocycles. The standard InChI is InChI=1S/C16H15N3O3/c20-16(17-13-8-4-5-9-15(13)19(21)22)18-11-10-14(18)12-6-2-1-3-7-12/h1-9,14H,10-11H2,(H,17,20). The number of hydrogen-bond acceptors (Lipinski definition) is 3. The first-order valence-electron chi connectivity index (χ1n) is 7.03. The van der Waals surface area contributed by atoms with Crippen LogP contribution in [0.4, 0.5) is 16.2 Å². The van der Waals surface area contributed by atoms with Crippen LogP contribution in [0.25, 0.3) is 0 Å². The highest BCUT2D eigenvalue weighted by molar-refractivity contribution is 5.92. The average molecular weight is 297 g/mol. The SMILES string of the molecule is O=C(Nc1ccccc1[N+](=O)[O-])N1CCC1c1ccccc1. The number of nitro benzene ring substituents is 1. The molecule has 2 aromatic carbocycles. The molecule has 112 valence electrons. The highest BCUT2D eigenvalue weighted by Gasteiger charge is 2.33. The van der Waals surface area contributed by atoms with E-state index in [1.54, 1.807) is 17.0 Å². The van der Waals surface area contributed by atoms with Crippen LogP contribution in [0.15, 0.2) is 54.6 Å². The van der Waals surface area contributed by atoms with Crippen molar-refractivity contribution in [2.24, 2.45) is 0 Å². The Balaban J connectivity index is 1.74. The van der Waals surface area contributed by atoms with Gasteiger partial charge in [-0.3, -0.25) is 10.1 Å². The molecule has 1 unspecified atom stereocenters. The molecule has 0 spiro atoms. The van der Waals surface area contributed by atoms with Crippen LogP contribution in [0.2, 0.25) is 0 Å². The van der Waals surface area contributed by atoms with Gasteiger partial charge in [0.1, 0.15) is 5.69 Å². The van der Waals surface area contributed by atoms with Gasteiger partial charge in [0.15, 0.2) is 0 Å². The molecule has 1 heterocycles. The van der Waals surface area contributed by atoms with E-state index in [0.29, 0.717) is 6.54 Å². The first-order valence-corrected chi connectivity index (χ1v) is 7.03. The van der Waals surface area contributed by atoms with E-state index >= 15 is 0 Å². The molecule has 22 heavy (non-hydrogen) atoms. The van der Waals surface area contributed by atoms with E-state index in [-0.39, 0.29) is 23.4 Å². The summed E-state index contributed by atoms with van der Waals surface area (Å²) in [5, 5.41) is 13.6. The minimum Gasteiger partial charge on any atom is -0.317 e. The molecule has 1 aliphatic heterocycles. The highest BCUT2D eigenvalue weighted by atomic mass is 16.6. The van der Waals surface area contributed by atoms with E-state index in [1.165, 1.54) is 12.1 Å². The quantitative estimate of drug-likeness (QED) is 0.695. The zero-order chi connectivity index (χ0) is 15.5. The van der Waals surface area contributed by atoms with E-state index in [1.807, 2.05) is 30.3 Å². The fraction of sp³-hybridized carbons (Fsp3) is 0.188. The zero-order valence-corrected chi connectivity index (χ0v) is 11.8. The molecule has 0 saturated carbocycles. The van der Waals surface area contributed by atoms with Crippen LogP contribution in [0.5, 0.6) is 0 Å². The molecule has 1 saturated heterocycles. The maximum atomic E-state index is 12.3. The number of carbonyl (C=O) groups excluding carboxylic acids is 1. The number of nitrogens with one attached hydrogen (secondary N) is 1. The van der Waals surface area contributed by atoms with Crippen molar-refractivity contribution in [1.82, 2.24) is 4.90 Å². The van der Waals surface area contributed by atoms with Crippen LogP contribution in [-0.4, -0.2) is 22.4 Å². The Kier molecular flexibility index (Phi) is 3.74. The van der Waals surface area contributed by atoms with Crippen molar-refractivity contribution in [3.63, 3.8) is 0 Å². The fourth-order valence-electron chi connectivity index (χ4n) is 2.58. The number of anilines is 1. The molecule has 6 nitrogen and oxygen atoms in total. The molecule has 0 aromatic heterocycles. The van der Waals surface area contributed by atoms with Crippen LogP contribution in [0, 0.1) is 10.1 Å². The molecule has 1 aliphatic rings. The highest BCUT2D eigenvalue weighted by Crippen LogP contribution is 2.34. The Morgan fingerprint density at radius 1 is 1.14 bits per heavy atom. The van der Waals surface area contributed by atoms with Crippen molar-refractivity contribution in [3.05, 3.63) is 70.3 Å². The van der Waals surface area contributed by atoms with E-state index in [9.17, 15) is 14.9 Å². The summed E-state index contributed by atoms with van der Waals surface area (Å²) >= 11 is 0. The maximum absolute atomic E-state index is 12.3. The second-order valence-electron chi connectivity index (χ2n) is 5.11. The van der Waals surface area contributed by atoms with Crippen molar-refractivity contribution in [3.8, 4) is 0 Å². The summed E-state index contributed by atoms with van der Waals surface area (Å²) in [6.07, 6.45) is 0.897. The van der Waals surface area contributed by atoms with Crippen molar-refractivity contribution in [2.75, 3.05) is 11.9 Å². The molecular weight excluding hydrogens is 282 g/mol. The van der Waals surface area contributed by atoms with Crippen LogP contribution in [-0.2, 0) is 0 Å². The largest absolute Gasteiger partial charge is 0.322 e. The summed E-state index contributed by atoms with van der Waals surface area (Å²) < 4.78 is 0. The molecule has 2 aromatic rings. The van der Waals surface area contributed by atoms with Gasteiger partial charge in [-0.25, -0.2) is 4.79 Å². The molecule has 3 rings (SSSR count). The number of rotatable bonds is 3. The van der Waals surface area contributed by atoms with Gasteiger partial charge >= 0.3 is 6.03 Å². The van der Waals surface area contributed by atoms with Gasteiger partial charge in [-0.1, -0.05) is 42.5 Å². The third-order valence-electron chi connectivity index (χ3n) is 3.81. The predicted molar refractivity (Wildman–Crippen MR) is 82.6 cm³/mol. The van der Waals surface area contributed by atoms with Gasteiger partial charge in [-0.05, 0) is 18.1 Å². The third-order valence-corrected chi connectivity index (χ3v) is 3.81. The average Bonchev–Trinajstić information content (AvgIpc) is 2.47. The van der Waals surface area contributed by atoms with Crippen molar-refractivity contribution >= 4 is 17.4 Å². The number of nitrogens with zero attached hydrogens (tertiary/aromatic N) is 2. The van der Waals surface area contributed by atoms with E-state index in [2.05, 4.69) is 5.32 Å². The minimum absolute atomic E-state index is 0.0315. The van der Waals surface area contributed by atoms with Crippen molar-refractivity contribution in [2.45, 2.75) is 12.5 Å². The molecule has 0 radical (unpaired) electrons. The van der Waals surface area contributed by atoms with Gasteiger partial charge in [0.25, 0.3) is 5.69 Å². The molecule has 1 atom stereocenters. The molecule has 1 N–H and O–H groups in total. The normalized spacial score (nSPS) is 16.7. The maximum Gasteiger partial charge on any atom is 0.322 e. The summed E-state index contributed by atoms with van der Waals surface area (Å²) in [4.78, 5) is 24.5. The number of likely N-dealkylation sites (tertiary alicyclic amines) is 1. The third kappa shape index (κ3) is 2.63. The van der Waals surface area contributed by atoms with Crippen LogP contribution < -0.4 is 5.32 Å². The monoisotopic (exact) mass is 297 g/mol. The van der Waals surface area contributed by atoms with Gasteiger partial charge in [-0.2, -0.15) is 0 Å². The number of carbonyl (C=O) groups is 1. The van der Waals surface area contributed by atoms with Gasteiger partial charge in [0.05, 0.1) is 11.0 Å². The first-order chi connectivity index (χ1) is 10.7. The van der Waals surface area contributed by atoms with E-state index in [4.69, 9.17) is 0 Å². The van der Waals surface area contributed by atoms with E-state index < -0.39 is 4.92 Å². The van der Waals surface area contributed by atoms with Crippen LogP contribution >= 0.6 is 0 Å². The lowest BCUT2D eigenvalue weighted by Crippen LogP contribution is -2.47. The zero-order valence-electron chi connectivity index (χ0n) is 11.8. The smallest absolute Gasteiger partial charge is 0.317 e. The molecule has 6 heteroatoms. The number of para-hydroxylation sites is 2. The second-order valence-corrected chi connectivity index (χ2v) is 5.11. The lowest BCUT2D eigenvalue weighted by atomic mass is 9.95. The molecule has 2 amide bonds. The van der Waals surface area contributed by atoms with Gasteiger partial charge < -0.3 is 10.2 Å². The summed E-state index contributed by atoms with van der Waals surface area (Å²) in [5.74, 6) is 0. The summed E-state index contributed by atoms with van der Waals surface area (Å²) in [6.45, 7) is 0.645. The van der Waals surface area contributed by atoms with E-state index in [0.717, 1.165) is 12.0 Å². The molecule has 1 fully saturated rings. The summed E-state index contributed by atoms with van der Waals surface area (Å²) in [5.41, 5.74) is 1.19. The Labute approximate surface area is 127 Å². The topological polar surface area (TPSA) is 75.5 Å². The lowest BCUT2D eigenvalue weighted by molar-refractivity contribution is -0.383. The predicted octanol–water partition coefficient (Wildman–Crippen LogP) is 3.57. The molecular formula is C16H15N3O3. The summed E-state index contributed by atoms with van der Waals surface area (Å²) in [7, 11) is 0. The van der Waals surface area contributed by atoms with Crippen molar-refractivity contribution in [1.29, 1.82) is 0 Å². The fourth-order valence-corrected chi connectivity index (χ4v) is 2.58.